The van der Waals surface area contributed by atoms with E-state index in [1.807, 2.05) is 0 Å². The fourth-order valence-corrected chi connectivity index (χ4v) is 2.87. The van der Waals surface area contributed by atoms with E-state index in [1.54, 1.807) is 0 Å². The number of rotatable bonds is 4. The first kappa shape index (κ1) is 13.5. The summed E-state index contributed by atoms with van der Waals surface area (Å²) in [5.41, 5.74) is 2.29. The fraction of sp³-hybridized carbons (Fsp3) is 0.667. The molecule has 2 heterocycles. The monoisotopic (exact) mass is 247 g/mol. The van der Waals surface area contributed by atoms with E-state index in [-0.39, 0.29) is 0 Å². The van der Waals surface area contributed by atoms with Gasteiger partial charge in [0.25, 0.3) is 0 Å². The van der Waals surface area contributed by atoms with Gasteiger partial charge < -0.3 is 10.2 Å². The van der Waals surface area contributed by atoms with Gasteiger partial charge in [0.15, 0.2) is 0 Å². The minimum Gasteiger partial charge on any atom is -0.314 e. The lowest BCUT2D eigenvalue weighted by molar-refractivity contribution is 0.213. The van der Waals surface area contributed by atoms with E-state index in [1.165, 1.54) is 31.6 Å². The van der Waals surface area contributed by atoms with Gasteiger partial charge in [-0.15, -0.1) is 0 Å². The van der Waals surface area contributed by atoms with E-state index >= 15 is 0 Å². The molecule has 1 aromatic heterocycles. The first-order valence-corrected chi connectivity index (χ1v) is 6.98. The van der Waals surface area contributed by atoms with Crippen LogP contribution in [0.15, 0.2) is 18.2 Å². The van der Waals surface area contributed by atoms with Gasteiger partial charge in [-0.3, -0.25) is 4.98 Å². The van der Waals surface area contributed by atoms with Gasteiger partial charge in [0.2, 0.25) is 0 Å². The van der Waals surface area contributed by atoms with E-state index < -0.39 is 0 Å². The minimum atomic E-state index is 0.675. The predicted octanol–water partition coefficient (Wildman–Crippen LogP) is 2.21. The SMILES string of the molecule is Cc1cccc(CN(C)CC2CCNC(C)C2)n1. The smallest absolute Gasteiger partial charge is 0.0547 e. The molecule has 1 saturated heterocycles. The van der Waals surface area contributed by atoms with Gasteiger partial charge in [0.05, 0.1) is 5.69 Å². The largest absolute Gasteiger partial charge is 0.314 e. The summed E-state index contributed by atoms with van der Waals surface area (Å²) in [6, 6.07) is 6.94. The Labute approximate surface area is 111 Å². The van der Waals surface area contributed by atoms with Crippen molar-refractivity contribution in [1.29, 1.82) is 0 Å². The van der Waals surface area contributed by atoms with Crippen molar-refractivity contribution in [3.8, 4) is 0 Å². The fourth-order valence-electron chi connectivity index (χ4n) is 2.87. The first-order valence-electron chi connectivity index (χ1n) is 6.98. The molecule has 2 rings (SSSR count). The summed E-state index contributed by atoms with van der Waals surface area (Å²) >= 11 is 0. The number of nitrogens with zero attached hydrogens (tertiary/aromatic N) is 2. The normalized spacial score (nSPS) is 24.4. The Hall–Kier alpha value is -0.930. The van der Waals surface area contributed by atoms with Gasteiger partial charge >= 0.3 is 0 Å². The number of hydrogen-bond donors (Lipinski definition) is 1. The third-order valence-corrected chi connectivity index (χ3v) is 3.68. The molecule has 0 amide bonds. The number of nitrogens with one attached hydrogen (secondary N) is 1. The Balaban J connectivity index is 1.82. The van der Waals surface area contributed by atoms with Crippen molar-refractivity contribution >= 4 is 0 Å². The summed E-state index contributed by atoms with van der Waals surface area (Å²) in [7, 11) is 2.21. The van der Waals surface area contributed by atoms with E-state index in [0.717, 1.165) is 18.2 Å². The lowest BCUT2D eigenvalue weighted by atomic mass is 9.93. The van der Waals surface area contributed by atoms with Crippen LogP contribution in [0.5, 0.6) is 0 Å². The Kier molecular flexibility index (Phi) is 4.72. The van der Waals surface area contributed by atoms with Gasteiger partial charge in [-0.1, -0.05) is 6.07 Å². The van der Waals surface area contributed by atoms with Crippen molar-refractivity contribution < 1.29 is 0 Å². The molecular weight excluding hydrogens is 222 g/mol. The molecular formula is C15H25N3. The second-order valence-corrected chi connectivity index (χ2v) is 5.71. The van der Waals surface area contributed by atoms with Crippen molar-refractivity contribution in [3.05, 3.63) is 29.6 Å². The molecule has 18 heavy (non-hydrogen) atoms. The van der Waals surface area contributed by atoms with Crippen LogP contribution in [-0.4, -0.2) is 36.1 Å². The number of aryl methyl sites for hydroxylation is 1. The van der Waals surface area contributed by atoms with Crippen LogP contribution in [0.25, 0.3) is 0 Å². The molecule has 0 bridgehead atoms. The van der Waals surface area contributed by atoms with Gasteiger partial charge in [-0.2, -0.15) is 0 Å². The lowest BCUT2D eigenvalue weighted by Gasteiger charge is -2.31. The standard InChI is InChI=1S/C15H25N3/c1-12-5-4-6-15(17-12)11-18(3)10-14-7-8-16-13(2)9-14/h4-6,13-14,16H,7-11H2,1-3H3. The highest BCUT2D eigenvalue weighted by molar-refractivity contribution is 5.09. The predicted molar refractivity (Wildman–Crippen MR) is 75.5 cm³/mol. The van der Waals surface area contributed by atoms with Gasteiger partial charge in [0, 0.05) is 24.8 Å². The van der Waals surface area contributed by atoms with Crippen molar-refractivity contribution in [2.24, 2.45) is 5.92 Å². The van der Waals surface area contributed by atoms with Crippen LogP contribution in [0.4, 0.5) is 0 Å². The lowest BCUT2D eigenvalue weighted by Crippen LogP contribution is -2.39. The molecule has 2 atom stereocenters. The van der Waals surface area contributed by atoms with Crippen molar-refractivity contribution in [1.82, 2.24) is 15.2 Å². The summed E-state index contributed by atoms with van der Waals surface area (Å²) in [5, 5.41) is 3.51. The highest BCUT2D eigenvalue weighted by Gasteiger charge is 2.19. The second-order valence-electron chi connectivity index (χ2n) is 5.71. The third kappa shape index (κ3) is 4.07. The maximum atomic E-state index is 4.57. The van der Waals surface area contributed by atoms with Crippen molar-refractivity contribution in [2.75, 3.05) is 20.1 Å². The quantitative estimate of drug-likeness (QED) is 0.884. The second kappa shape index (κ2) is 6.30. The first-order chi connectivity index (χ1) is 8.63. The van der Waals surface area contributed by atoms with Gasteiger partial charge in [-0.05, 0) is 58.3 Å². The average molecular weight is 247 g/mol. The van der Waals surface area contributed by atoms with Crippen molar-refractivity contribution in [2.45, 2.75) is 39.3 Å². The summed E-state index contributed by atoms with van der Waals surface area (Å²) < 4.78 is 0. The third-order valence-electron chi connectivity index (χ3n) is 3.68. The zero-order valence-corrected chi connectivity index (χ0v) is 11.8. The molecule has 0 saturated carbocycles. The minimum absolute atomic E-state index is 0.675. The maximum Gasteiger partial charge on any atom is 0.0547 e. The van der Waals surface area contributed by atoms with Crippen LogP contribution < -0.4 is 5.32 Å². The molecule has 3 nitrogen and oxygen atoms in total. The molecule has 1 fully saturated rings. The van der Waals surface area contributed by atoms with E-state index in [9.17, 15) is 0 Å². The van der Waals surface area contributed by atoms with Crippen molar-refractivity contribution in [3.63, 3.8) is 0 Å². The summed E-state index contributed by atoms with van der Waals surface area (Å²) in [6.45, 7) is 7.65. The molecule has 1 N–H and O–H groups in total. The van der Waals surface area contributed by atoms with E-state index in [0.29, 0.717) is 6.04 Å². The summed E-state index contributed by atoms with van der Waals surface area (Å²) in [4.78, 5) is 6.97. The zero-order chi connectivity index (χ0) is 13.0. The molecule has 0 aliphatic carbocycles. The number of hydrogen-bond acceptors (Lipinski definition) is 3. The molecule has 3 heteroatoms. The molecule has 2 unspecified atom stereocenters. The van der Waals surface area contributed by atoms with Crippen LogP contribution in [0.3, 0.4) is 0 Å². The average Bonchev–Trinajstić information content (AvgIpc) is 2.28. The van der Waals surface area contributed by atoms with Crippen LogP contribution in [0.2, 0.25) is 0 Å². The Morgan fingerprint density at radius 1 is 1.44 bits per heavy atom. The number of piperidine rings is 1. The molecule has 0 spiro atoms. The Morgan fingerprint density at radius 3 is 3.00 bits per heavy atom. The molecule has 1 aliphatic heterocycles. The van der Waals surface area contributed by atoms with E-state index in [4.69, 9.17) is 0 Å². The van der Waals surface area contributed by atoms with Crippen LogP contribution in [0.1, 0.15) is 31.2 Å². The Bertz CT molecular complexity index is 378. The molecule has 1 aromatic rings. The highest BCUT2D eigenvalue weighted by atomic mass is 15.1. The molecule has 0 radical (unpaired) electrons. The van der Waals surface area contributed by atoms with E-state index in [2.05, 4.69) is 54.3 Å². The van der Waals surface area contributed by atoms with Crippen LogP contribution in [-0.2, 0) is 6.54 Å². The maximum absolute atomic E-state index is 4.57. The van der Waals surface area contributed by atoms with Gasteiger partial charge in [0.1, 0.15) is 0 Å². The molecule has 1 aliphatic rings. The number of aromatic nitrogens is 1. The summed E-state index contributed by atoms with van der Waals surface area (Å²) in [5.74, 6) is 0.830. The summed E-state index contributed by atoms with van der Waals surface area (Å²) in [6.07, 6.45) is 2.60. The Morgan fingerprint density at radius 2 is 2.28 bits per heavy atom. The topological polar surface area (TPSA) is 28.2 Å². The molecule has 0 aromatic carbocycles. The highest BCUT2D eigenvalue weighted by Crippen LogP contribution is 2.17. The zero-order valence-electron chi connectivity index (χ0n) is 11.8. The van der Waals surface area contributed by atoms with Gasteiger partial charge in [-0.25, -0.2) is 0 Å². The molecule has 100 valence electrons. The van der Waals surface area contributed by atoms with Crippen LogP contribution >= 0.6 is 0 Å². The van der Waals surface area contributed by atoms with Crippen LogP contribution in [0, 0.1) is 12.8 Å². The number of pyridine rings is 1.